The van der Waals surface area contributed by atoms with Crippen LogP contribution in [0.1, 0.15) is 32.1 Å². The molecule has 3 aromatic rings. The van der Waals surface area contributed by atoms with Crippen molar-refractivity contribution in [1.82, 2.24) is 14.9 Å². The molecule has 5 rings (SSSR count). The molecule has 0 saturated carbocycles. The Morgan fingerprint density at radius 2 is 1.66 bits per heavy atom. The van der Waals surface area contributed by atoms with Gasteiger partial charge in [-0.15, -0.1) is 0 Å². The Hall–Kier alpha value is -3.26. The molecule has 38 heavy (non-hydrogen) atoms. The second kappa shape index (κ2) is 12.5. The Balaban J connectivity index is 0.000000786. The van der Waals surface area contributed by atoms with E-state index in [1.807, 2.05) is 31.4 Å². The Bertz CT molecular complexity index is 1180. The molecule has 2 aliphatic heterocycles. The highest BCUT2D eigenvalue weighted by Gasteiger charge is 2.45. The van der Waals surface area contributed by atoms with Gasteiger partial charge in [0.05, 0.1) is 5.52 Å². The van der Waals surface area contributed by atoms with E-state index in [2.05, 4.69) is 44.3 Å². The molecule has 1 aromatic carbocycles. The third kappa shape index (κ3) is 6.78. The number of halogens is 3. The van der Waals surface area contributed by atoms with E-state index >= 15 is 0 Å². The highest BCUT2D eigenvalue weighted by atomic mass is 19.4. The SMILES string of the molecule is C=CC=C.CN1CCC(C(Nc2ccc(-c3cc4c(N5CCCCC5)nccc4[nH]3)cc2)C(F)(F)F)CC1. The second-order valence-corrected chi connectivity index (χ2v) is 10.2. The van der Waals surface area contributed by atoms with Gasteiger partial charge in [-0.25, -0.2) is 4.98 Å². The van der Waals surface area contributed by atoms with Crippen LogP contribution in [0.15, 0.2) is 67.9 Å². The summed E-state index contributed by atoms with van der Waals surface area (Å²) in [5.74, 6) is 0.592. The summed E-state index contributed by atoms with van der Waals surface area (Å²) in [6, 6.07) is 9.80. The summed E-state index contributed by atoms with van der Waals surface area (Å²) in [6.45, 7) is 10.2. The molecule has 1 atom stereocenters. The number of pyridine rings is 1. The normalized spacial score (nSPS) is 17.9. The Morgan fingerprint density at radius 3 is 2.26 bits per heavy atom. The first-order valence-corrected chi connectivity index (χ1v) is 13.4. The zero-order chi connectivity index (χ0) is 27.1. The average molecular weight is 526 g/mol. The third-order valence-electron chi connectivity index (χ3n) is 7.45. The number of piperidine rings is 2. The minimum Gasteiger partial charge on any atom is -0.374 e. The molecule has 2 aromatic heterocycles. The summed E-state index contributed by atoms with van der Waals surface area (Å²) in [5.41, 5.74) is 3.40. The molecule has 0 aliphatic carbocycles. The minimum absolute atomic E-state index is 0.412. The lowest BCUT2D eigenvalue weighted by molar-refractivity contribution is -0.156. The number of hydrogen-bond donors (Lipinski definition) is 2. The number of aromatic nitrogens is 2. The fraction of sp³-hybridized carbons (Fsp3) is 0.433. The summed E-state index contributed by atoms with van der Waals surface area (Å²) < 4.78 is 41.6. The Labute approximate surface area is 223 Å². The number of nitrogens with zero attached hydrogens (tertiary/aromatic N) is 3. The molecular weight excluding hydrogens is 487 g/mol. The summed E-state index contributed by atoms with van der Waals surface area (Å²) in [7, 11) is 1.96. The summed E-state index contributed by atoms with van der Waals surface area (Å²) in [5, 5.41) is 3.87. The van der Waals surface area contributed by atoms with Gasteiger partial charge >= 0.3 is 6.18 Å². The van der Waals surface area contributed by atoms with Gasteiger partial charge in [0.2, 0.25) is 0 Å². The van der Waals surface area contributed by atoms with Gasteiger partial charge in [0.15, 0.2) is 0 Å². The monoisotopic (exact) mass is 525 g/mol. The summed E-state index contributed by atoms with van der Waals surface area (Å²) >= 11 is 0. The van der Waals surface area contributed by atoms with Gasteiger partial charge in [0.1, 0.15) is 11.9 Å². The van der Waals surface area contributed by atoms with Crippen LogP contribution in [0.5, 0.6) is 0 Å². The predicted molar refractivity (Wildman–Crippen MR) is 152 cm³/mol. The van der Waals surface area contributed by atoms with E-state index in [1.165, 1.54) is 19.3 Å². The smallest absolute Gasteiger partial charge is 0.374 e. The van der Waals surface area contributed by atoms with E-state index < -0.39 is 18.1 Å². The van der Waals surface area contributed by atoms with Gasteiger partial charge < -0.3 is 20.1 Å². The quantitative estimate of drug-likeness (QED) is 0.333. The number of H-pyrrole nitrogens is 1. The van der Waals surface area contributed by atoms with Crippen molar-refractivity contribution in [3.8, 4) is 11.3 Å². The predicted octanol–water partition coefficient (Wildman–Crippen LogP) is 7.26. The lowest BCUT2D eigenvalue weighted by Gasteiger charge is -2.36. The lowest BCUT2D eigenvalue weighted by Crippen LogP contribution is -2.46. The molecule has 5 nitrogen and oxygen atoms in total. The van der Waals surface area contributed by atoms with Gasteiger partial charge in [-0.05, 0) is 88.0 Å². The molecule has 204 valence electrons. The van der Waals surface area contributed by atoms with E-state index in [-0.39, 0.29) is 0 Å². The number of fused-ring (bicyclic) bond motifs is 1. The first kappa shape index (κ1) is 27.8. The van der Waals surface area contributed by atoms with Crippen molar-refractivity contribution >= 4 is 22.4 Å². The van der Waals surface area contributed by atoms with Crippen LogP contribution >= 0.6 is 0 Å². The number of benzene rings is 1. The number of likely N-dealkylation sites (tertiary alicyclic amines) is 1. The van der Waals surface area contributed by atoms with Gasteiger partial charge in [0.25, 0.3) is 0 Å². The summed E-state index contributed by atoms with van der Waals surface area (Å²) in [4.78, 5) is 12.5. The largest absolute Gasteiger partial charge is 0.408 e. The summed E-state index contributed by atoms with van der Waals surface area (Å²) in [6.07, 6.45) is 5.55. The fourth-order valence-electron chi connectivity index (χ4n) is 5.31. The standard InChI is InChI=1S/C26H32F3N5.C4H6/c1-33-15-10-19(11-16-33)24(26(27,28)29)31-20-7-5-18(6-8-20)23-17-21-22(32-23)9-12-30-25(21)34-13-3-2-4-14-34;1-3-4-2/h5-9,12,17,19,24,31-32H,2-4,10-11,13-16H2,1H3;3-4H,1-2H2. The van der Waals surface area contributed by atoms with Gasteiger partial charge in [0, 0.05) is 36.1 Å². The number of rotatable bonds is 6. The van der Waals surface area contributed by atoms with Crippen LogP contribution in [0, 0.1) is 5.92 Å². The topological polar surface area (TPSA) is 47.2 Å². The molecule has 2 saturated heterocycles. The number of alkyl halides is 3. The van der Waals surface area contributed by atoms with E-state index in [4.69, 9.17) is 0 Å². The van der Waals surface area contributed by atoms with Crippen molar-refractivity contribution in [2.24, 2.45) is 5.92 Å². The number of aromatic amines is 1. The van der Waals surface area contributed by atoms with Crippen molar-refractivity contribution < 1.29 is 13.2 Å². The molecule has 0 bridgehead atoms. The Kier molecular flexibility index (Phi) is 9.15. The maximum atomic E-state index is 13.9. The van der Waals surface area contributed by atoms with Crippen molar-refractivity contribution in [3.63, 3.8) is 0 Å². The average Bonchev–Trinajstić information content (AvgIpc) is 3.37. The minimum atomic E-state index is -4.28. The molecular formula is C30H38F3N5. The van der Waals surface area contributed by atoms with Gasteiger partial charge in [-0.1, -0.05) is 37.4 Å². The van der Waals surface area contributed by atoms with Crippen LogP contribution in [-0.4, -0.2) is 60.3 Å². The Morgan fingerprint density at radius 1 is 1.00 bits per heavy atom. The molecule has 2 fully saturated rings. The molecule has 1 unspecified atom stereocenters. The van der Waals surface area contributed by atoms with Crippen LogP contribution in [0.3, 0.4) is 0 Å². The molecule has 0 spiro atoms. The number of allylic oxidation sites excluding steroid dienone is 2. The van der Waals surface area contributed by atoms with Crippen LogP contribution in [0.4, 0.5) is 24.7 Å². The first-order valence-electron chi connectivity index (χ1n) is 13.4. The third-order valence-corrected chi connectivity index (χ3v) is 7.45. The fourth-order valence-corrected chi connectivity index (χ4v) is 5.31. The molecule has 0 radical (unpaired) electrons. The molecule has 8 heteroatoms. The van der Waals surface area contributed by atoms with E-state index in [0.29, 0.717) is 31.6 Å². The number of anilines is 2. The maximum Gasteiger partial charge on any atom is 0.408 e. The molecule has 2 N–H and O–H groups in total. The number of hydrogen-bond acceptors (Lipinski definition) is 4. The van der Waals surface area contributed by atoms with E-state index in [0.717, 1.165) is 41.1 Å². The van der Waals surface area contributed by atoms with Crippen LogP contribution in [0.25, 0.3) is 22.2 Å². The van der Waals surface area contributed by atoms with Crippen LogP contribution in [-0.2, 0) is 0 Å². The van der Waals surface area contributed by atoms with Crippen molar-refractivity contribution in [2.45, 2.75) is 44.3 Å². The van der Waals surface area contributed by atoms with Gasteiger partial charge in [-0.3, -0.25) is 0 Å². The first-order chi connectivity index (χ1) is 18.3. The number of nitrogens with one attached hydrogen (secondary N) is 2. The lowest BCUT2D eigenvalue weighted by atomic mass is 9.89. The molecule has 0 amide bonds. The van der Waals surface area contributed by atoms with Crippen LogP contribution < -0.4 is 10.2 Å². The van der Waals surface area contributed by atoms with E-state index in [1.54, 1.807) is 24.3 Å². The molecule has 2 aliphatic rings. The van der Waals surface area contributed by atoms with E-state index in [9.17, 15) is 13.2 Å². The zero-order valence-corrected chi connectivity index (χ0v) is 22.1. The highest BCUT2D eigenvalue weighted by molar-refractivity contribution is 5.94. The zero-order valence-electron chi connectivity index (χ0n) is 22.1. The highest BCUT2D eigenvalue weighted by Crippen LogP contribution is 2.35. The molecule has 4 heterocycles. The van der Waals surface area contributed by atoms with Crippen molar-refractivity contribution in [2.75, 3.05) is 43.4 Å². The van der Waals surface area contributed by atoms with Crippen molar-refractivity contribution in [3.05, 3.63) is 67.9 Å². The maximum absolute atomic E-state index is 13.9. The van der Waals surface area contributed by atoms with Gasteiger partial charge in [-0.2, -0.15) is 13.2 Å². The van der Waals surface area contributed by atoms with Crippen LogP contribution in [0.2, 0.25) is 0 Å². The van der Waals surface area contributed by atoms with Crippen molar-refractivity contribution in [1.29, 1.82) is 0 Å². The second-order valence-electron chi connectivity index (χ2n) is 10.2.